The summed E-state index contributed by atoms with van der Waals surface area (Å²) in [6, 6.07) is 17.5. The molecule has 0 radical (unpaired) electrons. The molecule has 1 amide bonds. The van der Waals surface area contributed by atoms with Gasteiger partial charge in [0.05, 0.1) is 11.7 Å². The highest BCUT2D eigenvalue weighted by Gasteiger charge is 2.45. The molecule has 0 spiro atoms. The van der Waals surface area contributed by atoms with Crippen LogP contribution in [0.2, 0.25) is 0 Å². The second-order valence-corrected chi connectivity index (χ2v) is 11.2. The van der Waals surface area contributed by atoms with Gasteiger partial charge in [0.25, 0.3) is 0 Å². The third-order valence-electron chi connectivity index (χ3n) is 6.66. The van der Waals surface area contributed by atoms with Crippen molar-refractivity contribution in [3.8, 4) is 16.9 Å². The molecule has 4 N–H and O–H groups in total. The van der Waals surface area contributed by atoms with Gasteiger partial charge in [0.2, 0.25) is 15.9 Å². The molecule has 4 rings (SSSR count). The van der Waals surface area contributed by atoms with Crippen molar-refractivity contribution in [3.05, 3.63) is 89.5 Å². The maximum Gasteiger partial charge on any atom is 0.240 e. The lowest BCUT2D eigenvalue weighted by molar-refractivity contribution is -0.131. The minimum atomic E-state index is -3.46. The van der Waals surface area contributed by atoms with Gasteiger partial charge < -0.3 is 4.74 Å². The molecule has 0 saturated heterocycles. The lowest BCUT2D eigenvalue weighted by atomic mass is 9.78. The number of sulfonamides is 1. The molecule has 0 bridgehead atoms. The van der Waals surface area contributed by atoms with Gasteiger partial charge in [-0.25, -0.2) is 27.8 Å². The van der Waals surface area contributed by atoms with Crippen LogP contribution in [0.25, 0.3) is 11.1 Å². The summed E-state index contributed by atoms with van der Waals surface area (Å²) >= 11 is 0. The van der Waals surface area contributed by atoms with Gasteiger partial charge in [0.1, 0.15) is 12.4 Å². The highest BCUT2D eigenvalue weighted by molar-refractivity contribution is 7.88. The molecular formula is C27H29F2N3O4S. The maximum atomic E-state index is 15.1. The van der Waals surface area contributed by atoms with Gasteiger partial charge in [-0.2, -0.15) is 0 Å². The molecule has 37 heavy (non-hydrogen) atoms. The summed E-state index contributed by atoms with van der Waals surface area (Å²) in [5, 5.41) is 0. The summed E-state index contributed by atoms with van der Waals surface area (Å²) < 4.78 is 61.7. The predicted octanol–water partition coefficient (Wildman–Crippen LogP) is 3.83. The number of carbonyl (C=O) groups is 1. The molecule has 0 aromatic heterocycles. The summed E-state index contributed by atoms with van der Waals surface area (Å²) in [5.41, 5.74) is 3.05. The van der Waals surface area contributed by atoms with Gasteiger partial charge in [0, 0.05) is 17.2 Å². The summed E-state index contributed by atoms with van der Waals surface area (Å²) in [6.07, 6.45) is 2.35. The lowest BCUT2D eigenvalue weighted by Crippen LogP contribution is -2.45. The number of hydrogen-bond donors (Lipinski definition) is 3. The van der Waals surface area contributed by atoms with E-state index in [1.54, 1.807) is 18.2 Å². The average Bonchev–Trinajstić information content (AvgIpc) is 3.26. The molecule has 196 valence electrons. The van der Waals surface area contributed by atoms with Crippen LogP contribution in [-0.2, 0) is 27.8 Å². The van der Waals surface area contributed by atoms with Crippen LogP contribution >= 0.6 is 0 Å². The topological polar surface area (TPSA) is 111 Å². The largest absolute Gasteiger partial charge is 0.485 e. The molecule has 3 aromatic carbocycles. The fourth-order valence-corrected chi connectivity index (χ4v) is 5.81. The number of nitrogens with one attached hydrogen (secondary N) is 2. The Labute approximate surface area is 215 Å². The monoisotopic (exact) mass is 529 g/mol. The minimum Gasteiger partial charge on any atom is -0.485 e. The fraction of sp³-hybridized carbons (Fsp3) is 0.296. The number of carbonyl (C=O) groups excluding carboxylic acids is 1. The van der Waals surface area contributed by atoms with Crippen LogP contribution in [0, 0.1) is 17.0 Å². The molecule has 0 unspecified atom stereocenters. The zero-order valence-corrected chi connectivity index (χ0v) is 21.2. The number of para-hydroxylation sites is 1. The first-order valence-electron chi connectivity index (χ1n) is 11.8. The zero-order chi connectivity index (χ0) is 26.6. The number of ether oxygens (including phenoxy) is 1. The summed E-state index contributed by atoms with van der Waals surface area (Å²) in [7, 11) is -3.46. The smallest absolute Gasteiger partial charge is 0.240 e. The van der Waals surface area contributed by atoms with E-state index in [-0.39, 0.29) is 36.3 Å². The van der Waals surface area contributed by atoms with E-state index >= 15 is 4.39 Å². The molecule has 7 nitrogen and oxygen atoms in total. The number of halogens is 2. The normalized spacial score (nSPS) is 19.5. The molecule has 1 fully saturated rings. The molecule has 2 atom stereocenters. The van der Waals surface area contributed by atoms with E-state index in [2.05, 4.69) is 10.1 Å². The van der Waals surface area contributed by atoms with Crippen molar-refractivity contribution in [1.29, 1.82) is 0 Å². The standard InChI is InChI=1S/C27H29F2N3O4S/c1-37(34,35)32-20-12-13-27(16-20,26(33)31-30)15-19-10-11-23(28)22(14-19)21-8-5-9-24(29)25(21)36-17-18-6-3-2-4-7-18/h2-11,14,20,32H,12-13,15-17,30H2,1H3,(H,31,33)/t20-,27+/m0/s1. The van der Waals surface area contributed by atoms with Gasteiger partial charge >= 0.3 is 0 Å². The number of amides is 1. The van der Waals surface area contributed by atoms with Crippen LogP contribution in [0.15, 0.2) is 66.7 Å². The van der Waals surface area contributed by atoms with E-state index in [4.69, 9.17) is 10.6 Å². The van der Waals surface area contributed by atoms with E-state index in [1.165, 1.54) is 18.2 Å². The maximum absolute atomic E-state index is 15.1. The van der Waals surface area contributed by atoms with E-state index in [1.807, 2.05) is 30.3 Å². The van der Waals surface area contributed by atoms with Gasteiger partial charge in [-0.1, -0.05) is 48.5 Å². The summed E-state index contributed by atoms with van der Waals surface area (Å²) in [5.74, 6) is 3.78. The average molecular weight is 530 g/mol. The third kappa shape index (κ3) is 6.33. The minimum absolute atomic E-state index is 0.0740. The second kappa shape index (κ2) is 11.0. The molecule has 1 aliphatic carbocycles. The van der Waals surface area contributed by atoms with Crippen molar-refractivity contribution in [2.45, 2.75) is 38.3 Å². The Balaban J connectivity index is 1.65. The van der Waals surface area contributed by atoms with Crippen LogP contribution in [0.3, 0.4) is 0 Å². The van der Waals surface area contributed by atoms with Crippen molar-refractivity contribution in [1.82, 2.24) is 10.1 Å². The molecule has 0 heterocycles. The van der Waals surface area contributed by atoms with Crippen LogP contribution in [-0.4, -0.2) is 26.6 Å². The number of nitrogens with two attached hydrogens (primary N) is 1. The highest BCUT2D eigenvalue weighted by Crippen LogP contribution is 2.43. The first kappa shape index (κ1) is 26.7. The number of rotatable bonds is 9. The first-order chi connectivity index (χ1) is 17.6. The predicted molar refractivity (Wildman–Crippen MR) is 137 cm³/mol. The first-order valence-corrected chi connectivity index (χ1v) is 13.7. The Morgan fingerprint density at radius 2 is 1.78 bits per heavy atom. The quantitative estimate of drug-likeness (QED) is 0.222. The lowest BCUT2D eigenvalue weighted by Gasteiger charge is -2.28. The molecule has 10 heteroatoms. The Bertz CT molecular complexity index is 1390. The molecule has 1 saturated carbocycles. The van der Waals surface area contributed by atoms with Gasteiger partial charge in [-0.15, -0.1) is 0 Å². The van der Waals surface area contributed by atoms with Crippen molar-refractivity contribution in [3.63, 3.8) is 0 Å². The second-order valence-electron chi connectivity index (χ2n) is 9.47. The van der Waals surface area contributed by atoms with E-state index in [9.17, 15) is 17.6 Å². The van der Waals surface area contributed by atoms with Crippen LogP contribution in [0.5, 0.6) is 5.75 Å². The number of hydrogen-bond acceptors (Lipinski definition) is 5. The molecule has 0 aliphatic heterocycles. The Morgan fingerprint density at radius 3 is 2.49 bits per heavy atom. The van der Waals surface area contributed by atoms with E-state index in [0.29, 0.717) is 18.4 Å². The van der Waals surface area contributed by atoms with E-state index in [0.717, 1.165) is 11.8 Å². The molecule has 3 aromatic rings. The Hall–Kier alpha value is -3.34. The van der Waals surface area contributed by atoms with Crippen LogP contribution < -0.4 is 20.7 Å². The van der Waals surface area contributed by atoms with E-state index < -0.39 is 39.0 Å². The summed E-state index contributed by atoms with van der Waals surface area (Å²) in [6.45, 7) is 0.102. The van der Waals surface area contributed by atoms with Crippen molar-refractivity contribution >= 4 is 15.9 Å². The Morgan fingerprint density at radius 1 is 1.03 bits per heavy atom. The van der Waals surface area contributed by atoms with Crippen LogP contribution in [0.4, 0.5) is 8.78 Å². The Kier molecular flexibility index (Phi) is 7.91. The molecule has 1 aliphatic rings. The fourth-order valence-electron chi connectivity index (χ4n) is 5.01. The van der Waals surface area contributed by atoms with Crippen LogP contribution in [0.1, 0.15) is 30.4 Å². The summed E-state index contributed by atoms with van der Waals surface area (Å²) in [4.78, 5) is 12.8. The molecular weight excluding hydrogens is 500 g/mol. The highest BCUT2D eigenvalue weighted by atomic mass is 32.2. The number of hydrazine groups is 1. The third-order valence-corrected chi connectivity index (χ3v) is 7.42. The SMILES string of the molecule is CS(=O)(=O)N[C@H]1CC[C@](Cc2ccc(F)c(-c3cccc(F)c3OCc3ccccc3)c2)(C(=O)NN)C1. The van der Waals surface area contributed by atoms with Crippen molar-refractivity contribution < 1.29 is 26.7 Å². The van der Waals surface area contributed by atoms with Crippen molar-refractivity contribution in [2.24, 2.45) is 11.3 Å². The van der Waals surface area contributed by atoms with Gasteiger partial charge in [0.15, 0.2) is 11.6 Å². The number of benzene rings is 3. The van der Waals surface area contributed by atoms with Gasteiger partial charge in [-0.05, 0) is 55.0 Å². The van der Waals surface area contributed by atoms with Crippen molar-refractivity contribution in [2.75, 3.05) is 6.26 Å². The van der Waals surface area contributed by atoms with Gasteiger partial charge in [-0.3, -0.25) is 10.2 Å². The zero-order valence-electron chi connectivity index (χ0n) is 20.3.